The van der Waals surface area contributed by atoms with Crippen molar-refractivity contribution in [3.8, 4) is 0 Å². The Morgan fingerprint density at radius 2 is 1.67 bits per heavy atom. The second kappa shape index (κ2) is 7.17. The molecular weight excluding hydrogens is 354 g/mol. The minimum atomic E-state index is -3.64. The van der Waals surface area contributed by atoms with Gasteiger partial charge in [0.2, 0.25) is 10.0 Å². The minimum absolute atomic E-state index is 0.178. The molecule has 0 saturated heterocycles. The molecule has 6 heteroatoms. The summed E-state index contributed by atoms with van der Waals surface area (Å²) in [6.45, 7) is -0.259. The molecule has 0 bridgehead atoms. The number of hydrogen-bond acceptors (Lipinski definition) is 3. The highest BCUT2D eigenvalue weighted by Crippen LogP contribution is 2.15. The van der Waals surface area contributed by atoms with Gasteiger partial charge in [-0.25, -0.2) is 13.1 Å². The lowest BCUT2D eigenvalue weighted by atomic mass is 10.1. The third kappa shape index (κ3) is 4.64. The van der Waals surface area contributed by atoms with Gasteiger partial charge in [-0.3, -0.25) is 0 Å². The summed E-state index contributed by atoms with van der Waals surface area (Å²) >= 11 is 3.27. The Morgan fingerprint density at radius 1 is 1.05 bits per heavy atom. The molecule has 0 heterocycles. The number of aliphatic hydroxyl groups is 1. The molecule has 0 aliphatic rings. The van der Waals surface area contributed by atoms with Crippen molar-refractivity contribution in [2.75, 3.05) is 6.61 Å². The highest BCUT2D eigenvalue weighted by atomic mass is 79.9. The summed E-state index contributed by atoms with van der Waals surface area (Å²) in [4.78, 5) is 0.178. The molecule has 1 atom stereocenters. The first-order chi connectivity index (χ1) is 10.0. The molecule has 2 rings (SSSR count). The normalized spacial score (nSPS) is 13.0. The van der Waals surface area contributed by atoms with Gasteiger partial charge in [0, 0.05) is 10.5 Å². The summed E-state index contributed by atoms with van der Waals surface area (Å²) in [5.74, 6) is 0. The first kappa shape index (κ1) is 16.2. The van der Waals surface area contributed by atoms with E-state index in [1.54, 1.807) is 12.1 Å². The minimum Gasteiger partial charge on any atom is -0.395 e. The maximum atomic E-state index is 12.3. The van der Waals surface area contributed by atoms with Gasteiger partial charge in [-0.05, 0) is 36.2 Å². The van der Waals surface area contributed by atoms with Crippen molar-refractivity contribution in [1.82, 2.24) is 4.72 Å². The molecule has 0 aromatic heterocycles. The maximum absolute atomic E-state index is 12.3. The van der Waals surface area contributed by atoms with Crippen LogP contribution in [0.2, 0.25) is 0 Å². The number of sulfonamides is 1. The van der Waals surface area contributed by atoms with Gasteiger partial charge < -0.3 is 5.11 Å². The highest BCUT2D eigenvalue weighted by Gasteiger charge is 2.19. The lowest BCUT2D eigenvalue weighted by molar-refractivity contribution is 0.256. The SMILES string of the molecule is O=S(=O)(N[C@@H](CO)Cc1ccccc1)c1ccc(Br)cc1. The van der Waals surface area contributed by atoms with E-state index >= 15 is 0 Å². The van der Waals surface area contributed by atoms with Gasteiger partial charge in [-0.15, -0.1) is 0 Å². The average molecular weight is 370 g/mol. The van der Waals surface area contributed by atoms with Crippen LogP contribution in [-0.2, 0) is 16.4 Å². The summed E-state index contributed by atoms with van der Waals surface area (Å²) in [5.41, 5.74) is 0.968. The van der Waals surface area contributed by atoms with Crippen molar-refractivity contribution >= 4 is 26.0 Å². The fourth-order valence-electron chi connectivity index (χ4n) is 1.94. The van der Waals surface area contributed by atoms with E-state index in [0.29, 0.717) is 6.42 Å². The number of benzene rings is 2. The molecule has 0 saturated carbocycles. The number of rotatable bonds is 6. The molecule has 0 amide bonds. The Kier molecular flexibility index (Phi) is 5.52. The second-order valence-corrected chi connectivity index (χ2v) is 7.27. The van der Waals surface area contributed by atoms with Crippen LogP contribution in [-0.4, -0.2) is 26.2 Å². The third-order valence-corrected chi connectivity index (χ3v) is 5.06. The Morgan fingerprint density at radius 3 is 2.24 bits per heavy atom. The van der Waals surface area contributed by atoms with Crippen LogP contribution in [0.15, 0.2) is 64.0 Å². The van der Waals surface area contributed by atoms with Crippen molar-refractivity contribution in [2.24, 2.45) is 0 Å². The van der Waals surface area contributed by atoms with Crippen molar-refractivity contribution < 1.29 is 13.5 Å². The Labute approximate surface area is 133 Å². The lowest BCUT2D eigenvalue weighted by Crippen LogP contribution is -2.39. The van der Waals surface area contributed by atoms with Gasteiger partial charge in [0.05, 0.1) is 11.5 Å². The Balaban J connectivity index is 2.12. The molecule has 0 aliphatic carbocycles. The van der Waals surface area contributed by atoms with Gasteiger partial charge in [-0.1, -0.05) is 46.3 Å². The molecule has 0 spiro atoms. The number of halogens is 1. The Hall–Kier alpha value is -1.21. The fraction of sp³-hybridized carbons (Fsp3) is 0.200. The first-order valence-corrected chi connectivity index (χ1v) is 8.71. The highest BCUT2D eigenvalue weighted by molar-refractivity contribution is 9.10. The van der Waals surface area contributed by atoms with Gasteiger partial charge in [0.1, 0.15) is 0 Å². The van der Waals surface area contributed by atoms with Crippen molar-refractivity contribution in [1.29, 1.82) is 0 Å². The van der Waals surface area contributed by atoms with E-state index in [9.17, 15) is 13.5 Å². The Bertz CT molecular complexity index is 672. The van der Waals surface area contributed by atoms with Gasteiger partial charge in [0.25, 0.3) is 0 Å². The average Bonchev–Trinajstić information content (AvgIpc) is 2.48. The molecular formula is C15H16BrNO3S. The van der Waals surface area contributed by atoms with Crippen molar-refractivity contribution in [2.45, 2.75) is 17.4 Å². The molecule has 21 heavy (non-hydrogen) atoms. The van der Waals surface area contributed by atoms with E-state index < -0.39 is 16.1 Å². The quantitative estimate of drug-likeness (QED) is 0.820. The van der Waals surface area contributed by atoms with E-state index in [-0.39, 0.29) is 11.5 Å². The maximum Gasteiger partial charge on any atom is 0.240 e. The summed E-state index contributed by atoms with van der Waals surface area (Å²) in [6, 6.07) is 15.3. The molecule has 0 fully saturated rings. The standard InChI is InChI=1S/C15H16BrNO3S/c16-13-6-8-15(9-7-13)21(19,20)17-14(11-18)10-12-4-2-1-3-5-12/h1-9,14,17-18H,10-11H2/t14-/m1/s1. The lowest BCUT2D eigenvalue weighted by Gasteiger charge is -2.16. The number of nitrogens with one attached hydrogen (secondary N) is 1. The van der Waals surface area contributed by atoms with Gasteiger partial charge in [-0.2, -0.15) is 0 Å². The van der Waals surface area contributed by atoms with E-state index in [4.69, 9.17) is 0 Å². The molecule has 4 nitrogen and oxygen atoms in total. The monoisotopic (exact) mass is 369 g/mol. The third-order valence-electron chi connectivity index (χ3n) is 2.99. The predicted molar refractivity (Wildman–Crippen MR) is 85.5 cm³/mol. The topological polar surface area (TPSA) is 66.4 Å². The van der Waals surface area contributed by atoms with E-state index in [2.05, 4.69) is 20.7 Å². The van der Waals surface area contributed by atoms with Crippen LogP contribution in [0.4, 0.5) is 0 Å². The number of hydrogen-bond donors (Lipinski definition) is 2. The molecule has 112 valence electrons. The van der Waals surface area contributed by atoms with Crippen LogP contribution in [0, 0.1) is 0 Å². The fourth-order valence-corrected chi connectivity index (χ4v) is 3.43. The van der Waals surface area contributed by atoms with Crippen LogP contribution in [0.25, 0.3) is 0 Å². The van der Waals surface area contributed by atoms with E-state index in [1.807, 2.05) is 30.3 Å². The largest absolute Gasteiger partial charge is 0.395 e. The molecule has 0 aliphatic heterocycles. The first-order valence-electron chi connectivity index (χ1n) is 6.44. The second-order valence-electron chi connectivity index (χ2n) is 4.64. The predicted octanol–water partition coefficient (Wildman–Crippen LogP) is 2.33. The van der Waals surface area contributed by atoms with Crippen LogP contribution < -0.4 is 4.72 Å². The summed E-state index contributed by atoms with van der Waals surface area (Å²) in [7, 11) is -3.64. The smallest absolute Gasteiger partial charge is 0.240 e. The van der Waals surface area contributed by atoms with Gasteiger partial charge in [0.15, 0.2) is 0 Å². The van der Waals surface area contributed by atoms with Crippen molar-refractivity contribution in [3.63, 3.8) is 0 Å². The van der Waals surface area contributed by atoms with Crippen molar-refractivity contribution in [3.05, 3.63) is 64.6 Å². The summed E-state index contributed by atoms with van der Waals surface area (Å²) in [6.07, 6.45) is 0.438. The van der Waals surface area contributed by atoms with Crippen LogP contribution in [0.3, 0.4) is 0 Å². The zero-order valence-corrected chi connectivity index (χ0v) is 13.6. The zero-order chi connectivity index (χ0) is 15.3. The molecule has 2 aromatic rings. The van der Waals surface area contributed by atoms with Gasteiger partial charge >= 0.3 is 0 Å². The summed E-state index contributed by atoms with van der Waals surface area (Å²) < 4.78 is 27.9. The molecule has 2 aromatic carbocycles. The van der Waals surface area contributed by atoms with E-state index in [0.717, 1.165) is 10.0 Å². The molecule has 0 radical (unpaired) electrons. The van der Waals surface area contributed by atoms with Crippen LogP contribution in [0.5, 0.6) is 0 Å². The van der Waals surface area contributed by atoms with Crippen LogP contribution in [0.1, 0.15) is 5.56 Å². The van der Waals surface area contributed by atoms with E-state index in [1.165, 1.54) is 12.1 Å². The molecule has 0 unspecified atom stereocenters. The zero-order valence-electron chi connectivity index (χ0n) is 11.2. The molecule has 2 N–H and O–H groups in total. The summed E-state index contributed by atoms with van der Waals surface area (Å²) in [5, 5.41) is 9.41. The van der Waals surface area contributed by atoms with Crippen LogP contribution >= 0.6 is 15.9 Å². The number of aliphatic hydroxyl groups excluding tert-OH is 1.